The molecule has 0 saturated carbocycles. The molecule has 0 aliphatic rings. The number of nitrogens with zero attached hydrogens (tertiary/aromatic N) is 1. The Bertz CT molecular complexity index is 464. The molecule has 0 amide bonds. The molecule has 2 N–H and O–H groups in total. The number of benzene rings is 1. The van der Waals surface area contributed by atoms with Crippen molar-refractivity contribution >= 4 is 11.0 Å². The SMILES string of the molecule is COc1ccc(OC)c2[nH]c(C(C)O)nc12. The topological polar surface area (TPSA) is 67.4 Å². The van der Waals surface area contributed by atoms with Gasteiger partial charge in [-0.15, -0.1) is 0 Å². The highest BCUT2D eigenvalue weighted by atomic mass is 16.5. The van der Waals surface area contributed by atoms with Gasteiger partial charge in [-0.3, -0.25) is 0 Å². The molecule has 0 aliphatic carbocycles. The normalized spacial score (nSPS) is 12.8. The second-order valence-corrected chi connectivity index (χ2v) is 3.49. The van der Waals surface area contributed by atoms with Crippen LogP contribution < -0.4 is 9.47 Å². The van der Waals surface area contributed by atoms with Gasteiger partial charge in [0.05, 0.1) is 14.2 Å². The zero-order chi connectivity index (χ0) is 11.7. The number of aromatic nitrogens is 2. The Hall–Kier alpha value is -1.75. The molecule has 0 radical (unpaired) electrons. The predicted molar refractivity (Wildman–Crippen MR) is 59.8 cm³/mol. The minimum Gasteiger partial charge on any atom is -0.494 e. The zero-order valence-electron chi connectivity index (χ0n) is 9.44. The highest BCUT2D eigenvalue weighted by Crippen LogP contribution is 2.32. The average Bonchev–Trinajstić information content (AvgIpc) is 2.72. The van der Waals surface area contributed by atoms with Crippen molar-refractivity contribution in [3.63, 3.8) is 0 Å². The molecule has 86 valence electrons. The van der Waals surface area contributed by atoms with Crippen LogP contribution in [0.5, 0.6) is 11.5 Å². The molecule has 16 heavy (non-hydrogen) atoms. The van der Waals surface area contributed by atoms with Crippen LogP contribution in [0.15, 0.2) is 12.1 Å². The average molecular weight is 222 g/mol. The van der Waals surface area contributed by atoms with E-state index in [2.05, 4.69) is 9.97 Å². The number of H-pyrrole nitrogens is 1. The minimum atomic E-state index is -0.651. The summed E-state index contributed by atoms with van der Waals surface area (Å²) in [5, 5.41) is 9.48. The van der Waals surface area contributed by atoms with Crippen molar-refractivity contribution in [3.8, 4) is 11.5 Å². The number of fused-ring (bicyclic) bond motifs is 1. The molecule has 1 atom stereocenters. The Morgan fingerprint density at radius 1 is 1.25 bits per heavy atom. The maximum Gasteiger partial charge on any atom is 0.146 e. The van der Waals surface area contributed by atoms with Crippen molar-refractivity contribution < 1.29 is 14.6 Å². The number of rotatable bonds is 3. The van der Waals surface area contributed by atoms with Crippen LogP contribution in [0.4, 0.5) is 0 Å². The summed E-state index contributed by atoms with van der Waals surface area (Å²) in [6, 6.07) is 3.58. The van der Waals surface area contributed by atoms with E-state index >= 15 is 0 Å². The molecule has 1 aromatic heterocycles. The van der Waals surface area contributed by atoms with Crippen LogP contribution in [0.3, 0.4) is 0 Å². The van der Waals surface area contributed by atoms with Gasteiger partial charge >= 0.3 is 0 Å². The monoisotopic (exact) mass is 222 g/mol. The third-order valence-electron chi connectivity index (χ3n) is 2.42. The molecule has 0 bridgehead atoms. The molecule has 5 nitrogen and oxygen atoms in total. The third kappa shape index (κ3) is 1.59. The highest BCUT2D eigenvalue weighted by Gasteiger charge is 2.14. The Balaban J connectivity index is 2.70. The number of imidazole rings is 1. The summed E-state index contributed by atoms with van der Waals surface area (Å²) in [6.45, 7) is 1.65. The lowest BCUT2D eigenvalue weighted by Crippen LogP contribution is -1.92. The van der Waals surface area contributed by atoms with Crippen LogP contribution in [0.2, 0.25) is 0 Å². The summed E-state index contributed by atoms with van der Waals surface area (Å²) in [5.41, 5.74) is 1.40. The number of ether oxygens (including phenoxy) is 2. The van der Waals surface area contributed by atoms with E-state index in [9.17, 15) is 5.11 Å². The van der Waals surface area contributed by atoms with Crippen molar-refractivity contribution in [2.24, 2.45) is 0 Å². The smallest absolute Gasteiger partial charge is 0.146 e. The number of methoxy groups -OCH3 is 2. The number of aliphatic hydroxyl groups is 1. The van der Waals surface area contributed by atoms with E-state index < -0.39 is 6.10 Å². The van der Waals surface area contributed by atoms with E-state index in [4.69, 9.17) is 9.47 Å². The van der Waals surface area contributed by atoms with Gasteiger partial charge < -0.3 is 19.6 Å². The van der Waals surface area contributed by atoms with Gasteiger partial charge in [0.25, 0.3) is 0 Å². The van der Waals surface area contributed by atoms with Crippen molar-refractivity contribution in [2.75, 3.05) is 14.2 Å². The van der Waals surface area contributed by atoms with Crippen molar-refractivity contribution in [2.45, 2.75) is 13.0 Å². The van der Waals surface area contributed by atoms with Crippen LogP contribution in [-0.4, -0.2) is 29.3 Å². The van der Waals surface area contributed by atoms with E-state index in [0.717, 1.165) is 5.52 Å². The summed E-state index contributed by atoms with van der Waals surface area (Å²) in [7, 11) is 3.17. The first-order valence-electron chi connectivity index (χ1n) is 4.96. The quantitative estimate of drug-likeness (QED) is 0.828. The number of aromatic amines is 1. The van der Waals surface area contributed by atoms with Crippen LogP contribution in [0, 0.1) is 0 Å². The number of aliphatic hydroxyl groups excluding tert-OH is 1. The van der Waals surface area contributed by atoms with Crippen LogP contribution in [0.25, 0.3) is 11.0 Å². The first-order valence-corrected chi connectivity index (χ1v) is 4.96. The molecule has 2 aromatic rings. The molecular weight excluding hydrogens is 208 g/mol. The fourth-order valence-corrected chi connectivity index (χ4v) is 1.59. The highest BCUT2D eigenvalue weighted by molar-refractivity contribution is 5.87. The standard InChI is InChI=1S/C11H14N2O3/c1-6(14)11-12-9-7(15-2)4-5-8(16-3)10(9)13-11/h4-6,14H,1-3H3,(H,12,13). The molecule has 1 aromatic carbocycles. The van der Waals surface area contributed by atoms with Crippen molar-refractivity contribution in [1.82, 2.24) is 9.97 Å². The lowest BCUT2D eigenvalue weighted by Gasteiger charge is -2.04. The molecule has 0 fully saturated rings. The molecule has 0 saturated heterocycles. The maximum absolute atomic E-state index is 9.48. The number of hydrogen-bond acceptors (Lipinski definition) is 4. The molecule has 1 unspecified atom stereocenters. The van der Waals surface area contributed by atoms with Gasteiger partial charge in [-0.25, -0.2) is 4.98 Å². The van der Waals surface area contributed by atoms with E-state index in [1.54, 1.807) is 33.3 Å². The Labute approximate surface area is 93.0 Å². The van der Waals surface area contributed by atoms with E-state index in [1.807, 2.05) is 0 Å². The molecule has 0 spiro atoms. The van der Waals surface area contributed by atoms with Crippen molar-refractivity contribution in [1.29, 1.82) is 0 Å². The second kappa shape index (κ2) is 4.02. The van der Waals surface area contributed by atoms with Crippen LogP contribution >= 0.6 is 0 Å². The Kier molecular flexibility index (Phi) is 2.70. The zero-order valence-corrected chi connectivity index (χ0v) is 9.44. The lowest BCUT2D eigenvalue weighted by atomic mass is 10.2. The molecule has 0 aliphatic heterocycles. The summed E-state index contributed by atoms with van der Waals surface area (Å²) in [4.78, 5) is 7.30. The maximum atomic E-state index is 9.48. The van der Waals surface area contributed by atoms with Gasteiger partial charge in [0.1, 0.15) is 34.5 Å². The van der Waals surface area contributed by atoms with Crippen molar-refractivity contribution in [3.05, 3.63) is 18.0 Å². The first kappa shape index (κ1) is 10.8. The van der Waals surface area contributed by atoms with Crippen LogP contribution in [0.1, 0.15) is 18.9 Å². The minimum absolute atomic E-state index is 0.498. The second-order valence-electron chi connectivity index (χ2n) is 3.49. The summed E-state index contributed by atoms with van der Waals surface area (Å²) < 4.78 is 10.4. The number of nitrogens with one attached hydrogen (secondary N) is 1. The molecule has 1 heterocycles. The Morgan fingerprint density at radius 3 is 2.44 bits per heavy atom. The summed E-state index contributed by atoms with van der Waals surface area (Å²) >= 11 is 0. The van der Waals surface area contributed by atoms with Crippen LogP contribution in [-0.2, 0) is 0 Å². The van der Waals surface area contributed by atoms with E-state index in [1.165, 1.54) is 0 Å². The van der Waals surface area contributed by atoms with Gasteiger partial charge in [0.2, 0.25) is 0 Å². The van der Waals surface area contributed by atoms with Gasteiger partial charge in [-0.2, -0.15) is 0 Å². The van der Waals surface area contributed by atoms with Gasteiger partial charge in [-0.05, 0) is 19.1 Å². The predicted octanol–water partition coefficient (Wildman–Crippen LogP) is 1.63. The number of hydrogen-bond donors (Lipinski definition) is 2. The first-order chi connectivity index (χ1) is 7.67. The molecular formula is C11H14N2O3. The van der Waals surface area contributed by atoms with Gasteiger partial charge in [0.15, 0.2) is 0 Å². The summed E-state index contributed by atoms with van der Waals surface area (Å²) in [6.07, 6.45) is -0.651. The van der Waals surface area contributed by atoms with Gasteiger partial charge in [0, 0.05) is 0 Å². The van der Waals surface area contributed by atoms with E-state index in [-0.39, 0.29) is 0 Å². The summed E-state index contributed by atoms with van der Waals surface area (Å²) in [5.74, 6) is 1.83. The molecule has 5 heteroatoms. The fraction of sp³-hybridized carbons (Fsp3) is 0.364. The molecule has 2 rings (SSSR count). The third-order valence-corrected chi connectivity index (χ3v) is 2.42. The fourth-order valence-electron chi connectivity index (χ4n) is 1.59. The van der Waals surface area contributed by atoms with E-state index in [0.29, 0.717) is 22.8 Å². The van der Waals surface area contributed by atoms with Gasteiger partial charge in [-0.1, -0.05) is 0 Å². The largest absolute Gasteiger partial charge is 0.494 e. The Morgan fingerprint density at radius 2 is 1.88 bits per heavy atom. The lowest BCUT2D eigenvalue weighted by molar-refractivity contribution is 0.190.